The van der Waals surface area contributed by atoms with Crippen molar-refractivity contribution in [3.05, 3.63) is 50.5 Å². The Morgan fingerprint density at radius 3 is 2.48 bits per heavy atom. The number of pyridine rings is 1. The third-order valence-electron chi connectivity index (χ3n) is 2.55. The maximum atomic E-state index is 13.7. The Bertz CT molecular complexity index is 712. The number of benzene rings is 1. The summed E-state index contributed by atoms with van der Waals surface area (Å²) < 4.78 is 26.9. The fraction of sp³-hybridized carbons (Fsp3) is 0.0833. The molecule has 2 aromatic rings. The van der Waals surface area contributed by atoms with E-state index in [9.17, 15) is 18.9 Å². The van der Waals surface area contributed by atoms with Gasteiger partial charge in [0.05, 0.1) is 27.2 Å². The molecule has 0 atom stereocenters. The lowest BCUT2D eigenvalue weighted by Crippen LogP contribution is -2.02. The molecule has 0 bridgehead atoms. The molecule has 21 heavy (non-hydrogen) atoms. The van der Waals surface area contributed by atoms with Crippen LogP contribution in [-0.2, 0) is 0 Å². The van der Waals surface area contributed by atoms with E-state index in [4.69, 9.17) is 0 Å². The quantitative estimate of drug-likeness (QED) is 0.493. The topological polar surface area (TPSA) is 80.1 Å². The lowest BCUT2D eigenvalue weighted by molar-refractivity contribution is -0.384. The zero-order valence-corrected chi connectivity index (χ0v) is 12.2. The van der Waals surface area contributed by atoms with Crippen molar-refractivity contribution in [2.75, 3.05) is 17.7 Å². The second-order valence-corrected chi connectivity index (χ2v) is 4.83. The van der Waals surface area contributed by atoms with Crippen LogP contribution in [0.1, 0.15) is 0 Å². The summed E-state index contributed by atoms with van der Waals surface area (Å²) in [5, 5.41) is 16.1. The van der Waals surface area contributed by atoms with Crippen LogP contribution in [0.3, 0.4) is 0 Å². The van der Waals surface area contributed by atoms with Gasteiger partial charge in [0.25, 0.3) is 5.69 Å². The third kappa shape index (κ3) is 3.43. The molecule has 0 aliphatic heterocycles. The predicted molar refractivity (Wildman–Crippen MR) is 77.8 cm³/mol. The van der Waals surface area contributed by atoms with Gasteiger partial charge in [-0.25, -0.2) is 13.8 Å². The standard InChI is InChI=1S/C12H9BrF2N4O2/c1-16-11-2-6(19(20)21)3-12(18-11)17-10-4-7(13)8(14)5-9(10)15/h2-5H,1H3,(H2,16,17,18). The van der Waals surface area contributed by atoms with E-state index in [0.717, 1.165) is 6.07 Å². The van der Waals surface area contributed by atoms with Gasteiger partial charge in [-0.05, 0) is 22.0 Å². The number of halogens is 3. The van der Waals surface area contributed by atoms with Crippen molar-refractivity contribution >= 4 is 38.9 Å². The molecule has 0 amide bonds. The van der Waals surface area contributed by atoms with E-state index in [2.05, 4.69) is 31.5 Å². The monoisotopic (exact) mass is 358 g/mol. The second kappa shape index (κ2) is 6.00. The molecule has 1 aromatic carbocycles. The van der Waals surface area contributed by atoms with Crippen LogP contribution >= 0.6 is 15.9 Å². The number of nitro groups is 1. The number of nitrogens with zero attached hydrogens (tertiary/aromatic N) is 2. The van der Waals surface area contributed by atoms with E-state index in [1.165, 1.54) is 12.1 Å². The Hall–Kier alpha value is -2.29. The summed E-state index contributed by atoms with van der Waals surface area (Å²) >= 11 is 2.94. The van der Waals surface area contributed by atoms with Gasteiger partial charge in [-0.2, -0.15) is 0 Å². The first-order chi connectivity index (χ1) is 9.90. The van der Waals surface area contributed by atoms with E-state index in [-0.39, 0.29) is 27.5 Å². The summed E-state index contributed by atoms with van der Waals surface area (Å²) in [6, 6.07) is 4.27. The van der Waals surface area contributed by atoms with Crippen LogP contribution in [0.4, 0.5) is 31.8 Å². The van der Waals surface area contributed by atoms with Crippen molar-refractivity contribution in [1.29, 1.82) is 0 Å². The second-order valence-electron chi connectivity index (χ2n) is 3.97. The molecule has 110 valence electrons. The highest BCUT2D eigenvalue weighted by atomic mass is 79.9. The number of rotatable bonds is 4. The van der Waals surface area contributed by atoms with Gasteiger partial charge in [-0.3, -0.25) is 10.1 Å². The normalized spacial score (nSPS) is 10.3. The van der Waals surface area contributed by atoms with Crippen LogP contribution in [0.5, 0.6) is 0 Å². The largest absolute Gasteiger partial charge is 0.373 e. The molecule has 0 unspecified atom stereocenters. The van der Waals surface area contributed by atoms with Gasteiger partial charge in [0, 0.05) is 13.1 Å². The third-order valence-corrected chi connectivity index (χ3v) is 3.16. The Morgan fingerprint density at radius 2 is 1.86 bits per heavy atom. The summed E-state index contributed by atoms with van der Waals surface area (Å²) in [6.07, 6.45) is 0. The molecule has 0 spiro atoms. The van der Waals surface area contributed by atoms with Gasteiger partial charge < -0.3 is 10.6 Å². The number of hydrogen-bond acceptors (Lipinski definition) is 5. The highest BCUT2D eigenvalue weighted by molar-refractivity contribution is 9.10. The van der Waals surface area contributed by atoms with Crippen molar-refractivity contribution in [1.82, 2.24) is 4.98 Å². The zero-order valence-electron chi connectivity index (χ0n) is 10.7. The predicted octanol–water partition coefficient (Wildman–Crippen LogP) is 3.82. The van der Waals surface area contributed by atoms with Crippen molar-refractivity contribution in [2.45, 2.75) is 0 Å². The first-order valence-corrected chi connectivity index (χ1v) is 6.46. The van der Waals surface area contributed by atoms with E-state index in [1.54, 1.807) is 7.05 Å². The number of aromatic nitrogens is 1. The van der Waals surface area contributed by atoms with Crippen LogP contribution in [-0.4, -0.2) is 17.0 Å². The molecule has 0 fully saturated rings. The van der Waals surface area contributed by atoms with E-state index < -0.39 is 16.6 Å². The van der Waals surface area contributed by atoms with Crippen LogP contribution in [0.25, 0.3) is 0 Å². The van der Waals surface area contributed by atoms with Gasteiger partial charge in [0.2, 0.25) is 0 Å². The molecular weight excluding hydrogens is 350 g/mol. The molecule has 6 nitrogen and oxygen atoms in total. The molecule has 0 aliphatic rings. The lowest BCUT2D eigenvalue weighted by Gasteiger charge is -2.09. The highest BCUT2D eigenvalue weighted by Gasteiger charge is 2.13. The van der Waals surface area contributed by atoms with E-state index in [0.29, 0.717) is 6.07 Å². The molecular formula is C12H9BrF2N4O2. The van der Waals surface area contributed by atoms with Crippen LogP contribution < -0.4 is 10.6 Å². The summed E-state index contributed by atoms with van der Waals surface area (Å²) in [7, 11) is 1.55. The smallest absolute Gasteiger partial charge is 0.276 e. The Labute approximate surface area is 126 Å². The van der Waals surface area contributed by atoms with Gasteiger partial charge in [0.1, 0.15) is 23.3 Å². The minimum atomic E-state index is -0.838. The fourth-order valence-electron chi connectivity index (χ4n) is 1.57. The zero-order chi connectivity index (χ0) is 15.6. The van der Waals surface area contributed by atoms with Crippen LogP contribution in [0, 0.1) is 21.7 Å². The van der Waals surface area contributed by atoms with Crippen molar-refractivity contribution in [3.63, 3.8) is 0 Å². The Kier molecular flexibility index (Phi) is 4.32. The molecule has 0 aliphatic carbocycles. The highest BCUT2D eigenvalue weighted by Crippen LogP contribution is 2.28. The van der Waals surface area contributed by atoms with Crippen LogP contribution in [0.15, 0.2) is 28.7 Å². The molecule has 1 aromatic heterocycles. The molecule has 2 rings (SSSR count). The molecule has 9 heteroatoms. The van der Waals surface area contributed by atoms with E-state index >= 15 is 0 Å². The summed E-state index contributed by atoms with van der Waals surface area (Å²) in [5.41, 5.74) is -0.267. The first kappa shape index (κ1) is 15.1. The molecule has 2 N–H and O–H groups in total. The fourth-order valence-corrected chi connectivity index (χ4v) is 1.91. The molecule has 1 heterocycles. The number of nitrogens with one attached hydrogen (secondary N) is 2. The minimum absolute atomic E-state index is 0.0571. The summed E-state index contributed by atoms with van der Waals surface area (Å²) in [6.45, 7) is 0. The van der Waals surface area contributed by atoms with E-state index in [1.807, 2.05) is 0 Å². The first-order valence-electron chi connectivity index (χ1n) is 5.66. The molecule has 0 saturated heterocycles. The molecule has 0 radical (unpaired) electrons. The lowest BCUT2D eigenvalue weighted by atomic mass is 10.3. The summed E-state index contributed by atoms with van der Waals surface area (Å²) in [4.78, 5) is 14.3. The Morgan fingerprint density at radius 1 is 1.19 bits per heavy atom. The van der Waals surface area contributed by atoms with Gasteiger partial charge in [-0.15, -0.1) is 0 Å². The number of hydrogen-bond donors (Lipinski definition) is 2. The van der Waals surface area contributed by atoms with Crippen molar-refractivity contribution in [3.8, 4) is 0 Å². The maximum absolute atomic E-state index is 13.7. The van der Waals surface area contributed by atoms with Crippen molar-refractivity contribution < 1.29 is 13.7 Å². The number of anilines is 3. The van der Waals surface area contributed by atoms with Gasteiger partial charge in [-0.1, -0.05) is 0 Å². The minimum Gasteiger partial charge on any atom is -0.373 e. The van der Waals surface area contributed by atoms with Gasteiger partial charge >= 0.3 is 0 Å². The van der Waals surface area contributed by atoms with Crippen molar-refractivity contribution in [2.24, 2.45) is 0 Å². The maximum Gasteiger partial charge on any atom is 0.276 e. The van der Waals surface area contributed by atoms with Gasteiger partial charge in [0.15, 0.2) is 0 Å². The SMILES string of the molecule is CNc1cc([N+](=O)[O-])cc(Nc2cc(Br)c(F)cc2F)n1. The Balaban J connectivity index is 2.41. The average molecular weight is 359 g/mol. The summed E-state index contributed by atoms with van der Waals surface area (Å²) in [5.74, 6) is -1.28. The molecule has 0 saturated carbocycles. The van der Waals surface area contributed by atoms with Crippen LogP contribution in [0.2, 0.25) is 0 Å². The average Bonchev–Trinajstić information content (AvgIpc) is 2.44.